The predicted molar refractivity (Wildman–Crippen MR) is 106 cm³/mol. The Balaban J connectivity index is 1.22. The van der Waals surface area contributed by atoms with E-state index < -0.39 is 13.1 Å². The zero-order valence-corrected chi connectivity index (χ0v) is 16.8. The summed E-state index contributed by atoms with van der Waals surface area (Å²) in [4.78, 5) is 28.2. The van der Waals surface area contributed by atoms with Gasteiger partial charge < -0.3 is 34.1 Å². The normalized spacial score (nSPS) is 28.1. The molecule has 1 saturated carbocycles. The number of ether oxygens (including phenoxy) is 2. The Hall–Kier alpha value is -2.30. The largest absolute Gasteiger partial charge is 0.535 e. The Bertz CT molecular complexity index is 875. The van der Waals surface area contributed by atoms with Gasteiger partial charge in [0.05, 0.1) is 32.2 Å². The number of hydrogen-bond donors (Lipinski definition) is 2. The number of carbonyl (C=O) groups is 2. The second-order valence-corrected chi connectivity index (χ2v) is 8.67. The van der Waals surface area contributed by atoms with Gasteiger partial charge in [0, 0.05) is 18.9 Å². The van der Waals surface area contributed by atoms with E-state index in [0.717, 1.165) is 25.1 Å². The number of hydrogen-bond acceptors (Lipinski definition) is 7. The summed E-state index contributed by atoms with van der Waals surface area (Å²) < 4.78 is 17.1. The van der Waals surface area contributed by atoms with Gasteiger partial charge >= 0.3 is 13.1 Å². The molecule has 0 spiro atoms. The molecule has 1 amide bonds. The average molecular weight is 416 g/mol. The number of benzene rings is 1. The molecule has 2 N–H and O–H groups in total. The molecule has 4 aliphatic rings. The van der Waals surface area contributed by atoms with Crippen molar-refractivity contribution in [3.05, 3.63) is 23.3 Å². The summed E-state index contributed by atoms with van der Waals surface area (Å²) in [7, 11) is 1.03. The quantitative estimate of drug-likeness (QED) is 0.666. The molecule has 3 atom stereocenters. The molecule has 1 aromatic rings. The van der Waals surface area contributed by atoms with Crippen LogP contribution in [-0.4, -0.2) is 91.0 Å². The van der Waals surface area contributed by atoms with E-state index >= 15 is 0 Å². The number of nitrogens with zero attached hydrogens (tertiary/aromatic N) is 2. The van der Waals surface area contributed by atoms with E-state index in [4.69, 9.17) is 14.1 Å². The lowest BCUT2D eigenvalue weighted by molar-refractivity contribution is -0.144. The molecule has 160 valence electrons. The first-order valence-electron chi connectivity index (χ1n) is 10.4. The van der Waals surface area contributed by atoms with Crippen LogP contribution >= 0.6 is 0 Å². The first-order valence-corrected chi connectivity index (χ1v) is 10.4. The molecule has 3 fully saturated rings. The first-order chi connectivity index (χ1) is 14.4. The highest BCUT2D eigenvalue weighted by atomic mass is 16.5. The third kappa shape index (κ3) is 3.53. The molecule has 0 aromatic heterocycles. The van der Waals surface area contributed by atoms with Crippen molar-refractivity contribution in [2.24, 2.45) is 0 Å². The van der Waals surface area contributed by atoms with Crippen LogP contribution in [0.1, 0.15) is 34.7 Å². The van der Waals surface area contributed by atoms with Gasteiger partial charge in [-0.3, -0.25) is 4.79 Å². The molecule has 3 heterocycles. The highest BCUT2D eigenvalue weighted by Gasteiger charge is 2.54. The first kappa shape index (κ1) is 19.7. The minimum Gasteiger partial charge on any atom is -0.535 e. The zero-order chi connectivity index (χ0) is 21.0. The Morgan fingerprint density at radius 2 is 2.10 bits per heavy atom. The van der Waals surface area contributed by atoms with Crippen LogP contribution in [0.15, 0.2) is 12.1 Å². The van der Waals surface area contributed by atoms with Crippen LogP contribution in [0.5, 0.6) is 11.5 Å². The van der Waals surface area contributed by atoms with Crippen LogP contribution < -0.4 is 9.39 Å². The van der Waals surface area contributed by atoms with Crippen molar-refractivity contribution in [1.29, 1.82) is 0 Å². The van der Waals surface area contributed by atoms with Gasteiger partial charge in [0.25, 0.3) is 0 Å². The van der Waals surface area contributed by atoms with Gasteiger partial charge in [0.15, 0.2) is 0 Å². The fourth-order valence-electron chi connectivity index (χ4n) is 4.61. The fourth-order valence-corrected chi connectivity index (χ4v) is 4.61. The fraction of sp³-hybridized carbons (Fsp3) is 0.600. The van der Waals surface area contributed by atoms with E-state index in [1.165, 1.54) is 0 Å². The van der Waals surface area contributed by atoms with Crippen molar-refractivity contribution in [3.63, 3.8) is 0 Å². The predicted octanol–water partition coefficient (Wildman–Crippen LogP) is 0.425. The second-order valence-electron chi connectivity index (χ2n) is 8.67. The summed E-state index contributed by atoms with van der Waals surface area (Å²) in [6.07, 6.45) is 0.769. The molecule has 9 nitrogen and oxygen atoms in total. The number of carbonyl (C=O) groups excluding carboxylic acids is 1. The van der Waals surface area contributed by atoms with Gasteiger partial charge in [-0.15, -0.1) is 0 Å². The number of amides is 1. The number of carboxylic acids is 1. The highest BCUT2D eigenvalue weighted by molar-refractivity contribution is 6.48. The van der Waals surface area contributed by atoms with E-state index in [-0.39, 0.29) is 46.9 Å². The molecule has 30 heavy (non-hydrogen) atoms. The molecular weight excluding hydrogens is 391 g/mol. The molecule has 0 unspecified atom stereocenters. The maximum atomic E-state index is 12.5. The van der Waals surface area contributed by atoms with Crippen molar-refractivity contribution >= 4 is 19.0 Å². The van der Waals surface area contributed by atoms with Crippen LogP contribution in [-0.2, 0) is 9.53 Å². The summed E-state index contributed by atoms with van der Waals surface area (Å²) in [5, 5.41) is 19.8. The summed E-state index contributed by atoms with van der Waals surface area (Å²) in [5.74, 6) is -0.526. The lowest BCUT2D eigenvalue weighted by Gasteiger charge is -2.40. The summed E-state index contributed by atoms with van der Waals surface area (Å²) in [5.41, 5.74) is 0.762. The molecule has 2 saturated heterocycles. The van der Waals surface area contributed by atoms with E-state index in [0.29, 0.717) is 26.1 Å². The lowest BCUT2D eigenvalue weighted by atomic mass is 9.77. The number of morpholine rings is 1. The van der Waals surface area contributed by atoms with Gasteiger partial charge in [0.2, 0.25) is 5.91 Å². The lowest BCUT2D eigenvalue weighted by Crippen LogP contribution is -2.57. The standard InChI is InChI=1S/C20H25BN2O7/c1-22-4-5-28-11(8-22)6-17(24)23-9-12(10-23)29-16-3-2-13-14-7-15(14)21(27)30-19(13)18(16)20(25)26/h2-3,11-12,14-15,27H,4-10H2,1H3,(H,25,26)/t11-,14-,15-/m1/s1. The van der Waals surface area contributed by atoms with Crippen LogP contribution in [0.3, 0.4) is 0 Å². The van der Waals surface area contributed by atoms with Crippen LogP contribution in [0, 0.1) is 0 Å². The van der Waals surface area contributed by atoms with Crippen molar-refractivity contribution in [2.75, 3.05) is 39.8 Å². The highest BCUT2D eigenvalue weighted by Crippen LogP contribution is 2.60. The maximum Gasteiger partial charge on any atom is 0.526 e. The number of rotatable bonds is 5. The molecule has 10 heteroatoms. The van der Waals surface area contributed by atoms with Crippen LogP contribution in [0.2, 0.25) is 5.82 Å². The number of likely N-dealkylation sites (N-methyl/N-ethyl adjacent to an activating group) is 1. The molecule has 1 aliphatic carbocycles. The number of aromatic carboxylic acids is 1. The monoisotopic (exact) mass is 416 g/mol. The van der Waals surface area contributed by atoms with Crippen molar-refractivity contribution in [2.45, 2.75) is 36.8 Å². The zero-order valence-electron chi connectivity index (χ0n) is 16.8. The second kappa shape index (κ2) is 7.44. The molecule has 0 bridgehead atoms. The van der Waals surface area contributed by atoms with Crippen LogP contribution in [0.4, 0.5) is 0 Å². The Morgan fingerprint density at radius 1 is 1.30 bits per heavy atom. The van der Waals surface area contributed by atoms with Crippen molar-refractivity contribution in [1.82, 2.24) is 9.80 Å². The smallest absolute Gasteiger partial charge is 0.526 e. The van der Waals surface area contributed by atoms with Crippen molar-refractivity contribution < 1.29 is 33.8 Å². The number of fused-ring (bicyclic) bond motifs is 3. The van der Waals surface area contributed by atoms with Gasteiger partial charge in [-0.25, -0.2) is 4.79 Å². The van der Waals surface area contributed by atoms with Gasteiger partial charge in [-0.2, -0.15) is 0 Å². The molecule has 0 radical (unpaired) electrons. The van der Waals surface area contributed by atoms with E-state index in [1.807, 2.05) is 13.1 Å². The Labute approximate surface area is 174 Å². The topological polar surface area (TPSA) is 109 Å². The van der Waals surface area contributed by atoms with Crippen molar-refractivity contribution in [3.8, 4) is 11.5 Å². The third-order valence-electron chi connectivity index (χ3n) is 6.45. The summed E-state index contributed by atoms with van der Waals surface area (Å²) in [6, 6.07) is 3.49. The third-order valence-corrected chi connectivity index (χ3v) is 6.45. The number of carboxylic acid groups (broad SMARTS) is 1. The van der Waals surface area contributed by atoms with Crippen LogP contribution in [0.25, 0.3) is 0 Å². The molecular formula is C20H25BN2O7. The van der Waals surface area contributed by atoms with Gasteiger partial charge in [-0.05, 0) is 31.0 Å². The van der Waals surface area contributed by atoms with E-state index in [9.17, 15) is 19.7 Å². The molecule has 1 aromatic carbocycles. The number of likely N-dealkylation sites (tertiary alicyclic amines) is 1. The molecule has 3 aliphatic heterocycles. The van der Waals surface area contributed by atoms with E-state index in [1.54, 1.807) is 11.0 Å². The van der Waals surface area contributed by atoms with Gasteiger partial charge in [0.1, 0.15) is 23.2 Å². The SMILES string of the molecule is CN1CCO[C@H](CC(=O)N2CC(Oc3ccc4c(c3C(=O)O)OB(O)[C@@H]3C[C@H]43)C2)C1. The average Bonchev–Trinajstić information content (AvgIpc) is 3.45. The summed E-state index contributed by atoms with van der Waals surface area (Å²) >= 11 is 0. The Morgan fingerprint density at radius 3 is 2.83 bits per heavy atom. The van der Waals surface area contributed by atoms with E-state index in [2.05, 4.69) is 4.90 Å². The molecule has 5 rings (SSSR count). The Kier molecular flexibility index (Phi) is 4.87. The van der Waals surface area contributed by atoms with Gasteiger partial charge in [-0.1, -0.05) is 6.07 Å². The minimum atomic E-state index is -1.15. The minimum absolute atomic E-state index is 0.0188. The maximum absolute atomic E-state index is 12.5. The summed E-state index contributed by atoms with van der Waals surface area (Å²) in [6.45, 7) is 3.07.